The Kier molecular flexibility index (Phi) is 16.3. The summed E-state index contributed by atoms with van der Waals surface area (Å²) < 4.78 is 46.5. The maximum absolute atomic E-state index is 12.0. The van der Waals surface area contributed by atoms with Gasteiger partial charge in [-0.1, -0.05) is 0 Å². The summed E-state index contributed by atoms with van der Waals surface area (Å²) in [5.74, 6) is -3.14. The Hall–Kier alpha value is 0.750. The second-order valence-corrected chi connectivity index (χ2v) is 10.1. The summed E-state index contributed by atoms with van der Waals surface area (Å²) in [4.78, 5) is 59.6. The van der Waals surface area contributed by atoms with Crippen LogP contribution in [0.1, 0.15) is 6.23 Å². The number of phosphoric acid groups is 2. The van der Waals surface area contributed by atoms with Gasteiger partial charge in [-0.3, -0.25) is 28.0 Å². The molecule has 1 aromatic rings. The number of aromatic amines is 1. The molecule has 0 bridgehead atoms. The number of carboxylic acids is 1. The maximum atomic E-state index is 12.0. The van der Waals surface area contributed by atoms with Gasteiger partial charge in [0.1, 0.15) is 42.2 Å². The topological polar surface area (TPSA) is 302 Å². The summed E-state index contributed by atoms with van der Waals surface area (Å²) in [5, 5.41) is 50.2. The number of rotatable bonds is 9. The molecule has 39 heavy (non-hydrogen) atoms. The number of H-pyrrole nitrogens is 1. The molecule has 5 N–H and O–H groups in total. The number of aliphatic carboxylic acids is 1. The molecule has 3 heterocycles. The van der Waals surface area contributed by atoms with Crippen LogP contribution in [-0.4, -0.2) is 79.4 Å². The Balaban J connectivity index is 0.00000481. The van der Waals surface area contributed by atoms with Gasteiger partial charge in [-0.2, -0.15) is 0 Å². The van der Waals surface area contributed by atoms with Gasteiger partial charge in [-0.15, -0.1) is 0 Å². The van der Waals surface area contributed by atoms with E-state index >= 15 is 0 Å². The fourth-order valence-electron chi connectivity index (χ4n) is 3.03. The Morgan fingerprint density at radius 2 is 1.67 bits per heavy atom. The van der Waals surface area contributed by atoms with Crippen LogP contribution in [0, 0.1) is 0 Å². The maximum Gasteiger partial charge on any atom is 1.00 e. The predicted octanol–water partition coefficient (Wildman–Crippen LogP) is -15.1. The van der Waals surface area contributed by atoms with Crippen LogP contribution in [-0.2, 0) is 36.8 Å². The largest absolute Gasteiger partial charge is 1.00 e. The molecule has 3 rings (SSSR count). The minimum Gasteiger partial charge on any atom is -0.756 e. The van der Waals surface area contributed by atoms with Gasteiger partial charge in [0.15, 0.2) is 6.23 Å². The molecule has 19 nitrogen and oxygen atoms in total. The summed E-state index contributed by atoms with van der Waals surface area (Å²) in [6.45, 7) is -1.15. The van der Waals surface area contributed by atoms with Crippen molar-refractivity contribution in [1.82, 2.24) is 9.55 Å². The van der Waals surface area contributed by atoms with Crippen molar-refractivity contribution in [3.05, 3.63) is 44.9 Å². The van der Waals surface area contributed by atoms with E-state index in [0.29, 0.717) is 10.6 Å². The molecular formula is C15H17N2Na3O17P2. The first-order valence-corrected chi connectivity index (χ1v) is 12.5. The van der Waals surface area contributed by atoms with Crippen LogP contribution in [0.5, 0.6) is 0 Å². The Morgan fingerprint density at radius 3 is 2.23 bits per heavy atom. The van der Waals surface area contributed by atoms with Crippen molar-refractivity contribution in [3.8, 4) is 0 Å². The molecule has 2 aliphatic rings. The third-order valence-corrected chi connectivity index (χ3v) is 7.22. The average Bonchev–Trinajstić information content (AvgIpc) is 3.03. The number of carboxylic acid groups (broad SMARTS) is 1. The number of hydrogen-bond acceptors (Lipinski definition) is 17. The van der Waals surface area contributed by atoms with Crippen molar-refractivity contribution in [2.45, 2.75) is 43.0 Å². The van der Waals surface area contributed by atoms with E-state index in [1.165, 1.54) is 0 Å². The summed E-state index contributed by atoms with van der Waals surface area (Å²) in [5.41, 5.74) is -1.80. The number of aromatic nitrogens is 2. The van der Waals surface area contributed by atoms with Gasteiger partial charge < -0.3 is 54.1 Å². The van der Waals surface area contributed by atoms with Crippen LogP contribution in [0.25, 0.3) is 0 Å². The van der Waals surface area contributed by atoms with Gasteiger partial charge >= 0.3 is 94.4 Å². The number of carbonyl (C=O) groups excluding carboxylic acids is 1. The fourth-order valence-corrected chi connectivity index (χ4v) is 5.10. The molecule has 0 saturated carbocycles. The normalized spacial score (nSPS) is 31.1. The van der Waals surface area contributed by atoms with Gasteiger partial charge in [0.2, 0.25) is 6.29 Å². The number of hydrogen-bond donors (Lipinski definition) is 5. The third kappa shape index (κ3) is 10.5. The van der Waals surface area contributed by atoms with E-state index in [4.69, 9.17) is 4.74 Å². The monoisotopic (exact) mass is 628 g/mol. The van der Waals surface area contributed by atoms with E-state index in [-0.39, 0.29) is 88.7 Å². The minimum atomic E-state index is -5.98. The van der Waals surface area contributed by atoms with E-state index in [0.717, 1.165) is 12.3 Å². The first kappa shape index (κ1) is 39.8. The molecule has 2 unspecified atom stereocenters. The molecule has 202 valence electrons. The van der Waals surface area contributed by atoms with Gasteiger partial charge in [0, 0.05) is 12.3 Å². The Labute approximate surface area is 283 Å². The summed E-state index contributed by atoms with van der Waals surface area (Å²) in [7, 11) is -11.8. The fraction of sp³-hybridized carbons (Fsp3) is 0.533. The van der Waals surface area contributed by atoms with Gasteiger partial charge in [-0.05, 0) is 6.08 Å². The number of carbonyl (C=O) groups is 1. The smallest absolute Gasteiger partial charge is 0.756 e. The van der Waals surface area contributed by atoms with Gasteiger partial charge in [0.05, 0.1) is 6.61 Å². The zero-order valence-corrected chi connectivity index (χ0v) is 28.2. The number of nitrogens with zero attached hydrogens (tertiary/aromatic N) is 1. The van der Waals surface area contributed by atoms with E-state index in [2.05, 4.69) is 18.1 Å². The van der Waals surface area contributed by atoms with E-state index < -0.39 is 88.3 Å². The molecule has 1 aromatic heterocycles. The molecule has 0 amide bonds. The Morgan fingerprint density at radius 1 is 1.05 bits per heavy atom. The average molecular weight is 628 g/mol. The zero-order valence-electron chi connectivity index (χ0n) is 20.4. The number of aliphatic hydroxyl groups is 4. The van der Waals surface area contributed by atoms with E-state index in [1.807, 2.05) is 4.98 Å². The van der Waals surface area contributed by atoms with Crippen LogP contribution in [0.15, 0.2) is 33.7 Å². The van der Waals surface area contributed by atoms with E-state index in [1.54, 1.807) is 0 Å². The molecule has 1 fully saturated rings. The molecule has 0 aromatic carbocycles. The molecule has 24 heteroatoms. The van der Waals surface area contributed by atoms with Crippen molar-refractivity contribution in [3.63, 3.8) is 0 Å². The van der Waals surface area contributed by atoms with Crippen LogP contribution >= 0.6 is 15.6 Å². The van der Waals surface area contributed by atoms with Crippen LogP contribution in [0.4, 0.5) is 0 Å². The van der Waals surface area contributed by atoms with Crippen LogP contribution in [0.3, 0.4) is 0 Å². The van der Waals surface area contributed by atoms with Gasteiger partial charge in [0.25, 0.3) is 21.2 Å². The zero-order chi connectivity index (χ0) is 27.0. The van der Waals surface area contributed by atoms with Crippen LogP contribution < -0.4 is 115 Å². The van der Waals surface area contributed by atoms with Crippen molar-refractivity contribution in [2.75, 3.05) is 6.61 Å². The molecular weight excluding hydrogens is 611 g/mol. The quantitative estimate of drug-likeness (QED) is 0.125. The SMILES string of the molecule is O=C([O-])C1=C[C@H](O)[C@@H](O)[C@@H](OP(=O)([O-])OP(=O)([O-])OC[C@H]2O[C@@H](n3ccc(=O)[nH]c3=O)[C@H](O)[C@@H]2O)O1.[Na+].[Na+].[Na+]. The summed E-state index contributed by atoms with van der Waals surface area (Å²) in [6.07, 6.45) is -12.2. The second-order valence-electron chi connectivity index (χ2n) is 7.23. The summed E-state index contributed by atoms with van der Waals surface area (Å²) >= 11 is 0. The van der Waals surface area contributed by atoms with Gasteiger partial charge in [-0.25, -0.2) is 9.11 Å². The van der Waals surface area contributed by atoms with Crippen molar-refractivity contribution >= 4 is 21.6 Å². The van der Waals surface area contributed by atoms with Crippen molar-refractivity contribution in [1.29, 1.82) is 0 Å². The number of phosphoric ester groups is 2. The molecule has 2 aliphatic heterocycles. The number of nitrogens with one attached hydrogen (secondary N) is 1. The van der Waals surface area contributed by atoms with Crippen molar-refractivity contribution < 1.29 is 161 Å². The number of ether oxygens (including phenoxy) is 2. The summed E-state index contributed by atoms with van der Waals surface area (Å²) in [6, 6.07) is 0.900. The van der Waals surface area contributed by atoms with E-state index in [9.17, 15) is 58.8 Å². The third-order valence-electron chi connectivity index (χ3n) is 4.69. The Bertz CT molecular complexity index is 1240. The molecule has 0 radical (unpaired) electrons. The van der Waals surface area contributed by atoms with Crippen LogP contribution in [0.2, 0.25) is 0 Å². The molecule has 0 spiro atoms. The predicted molar refractivity (Wildman–Crippen MR) is 101 cm³/mol. The molecule has 9 atom stereocenters. The molecule has 1 saturated heterocycles. The first-order chi connectivity index (χ1) is 16.6. The number of aliphatic hydroxyl groups excluding tert-OH is 4. The second kappa shape index (κ2) is 16.0. The first-order valence-electron chi connectivity index (χ1n) is 9.55. The standard InChI is InChI=1S/C15H20N2O17P2.3Na/c18-5-3-6(13(23)24)32-14(9(5)20)33-36(28,29)34-35(26,27)30-4-7-10(21)11(22)12(31-7)17-2-1-8(19)16-15(17)25;;;/h1-3,5,7,9-12,14,18,20-22H,4H2,(H,23,24)(H,26,27)(H,28,29)(H,16,19,25);;;/q;3*+1/p-3/t5-,7+,9+,10+,11+,12+,14+;;;/m0.../s1. The molecule has 0 aliphatic carbocycles. The minimum absolute atomic E-state index is 0. The van der Waals surface area contributed by atoms with Crippen molar-refractivity contribution in [2.24, 2.45) is 0 Å².